The molecular formula is C11H16BrClN2. The molecular weight excluding hydrogens is 275 g/mol. The van der Waals surface area contributed by atoms with E-state index in [2.05, 4.69) is 28.2 Å². The minimum Gasteiger partial charge on any atom is -0.330 e. The first-order valence-corrected chi connectivity index (χ1v) is 6.20. The van der Waals surface area contributed by atoms with Gasteiger partial charge in [0.2, 0.25) is 0 Å². The highest BCUT2D eigenvalue weighted by molar-refractivity contribution is 9.10. The van der Waals surface area contributed by atoms with E-state index in [1.807, 2.05) is 18.2 Å². The van der Waals surface area contributed by atoms with Gasteiger partial charge >= 0.3 is 0 Å². The smallest absolute Gasteiger partial charge is 0.0464 e. The highest BCUT2D eigenvalue weighted by atomic mass is 79.9. The third-order valence-corrected chi connectivity index (χ3v) is 3.08. The zero-order valence-electron chi connectivity index (χ0n) is 8.76. The van der Waals surface area contributed by atoms with Crippen LogP contribution in [-0.4, -0.2) is 13.1 Å². The zero-order chi connectivity index (χ0) is 11.3. The van der Waals surface area contributed by atoms with Crippen molar-refractivity contribution in [2.24, 2.45) is 5.73 Å². The predicted octanol–water partition coefficient (Wildman–Crippen LogP) is 3.10. The van der Waals surface area contributed by atoms with Crippen LogP contribution >= 0.6 is 27.5 Å². The number of benzene rings is 1. The van der Waals surface area contributed by atoms with Crippen molar-refractivity contribution in [1.29, 1.82) is 0 Å². The van der Waals surface area contributed by atoms with Crippen LogP contribution in [0.5, 0.6) is 0 Å². The zero-order valence-corrected chi connectivity index (χ0v) is 11.1. The lowest BCUT2D eigenvalue weighted by Crippen LogP contribution is -2.22. The molecule has 1 atom stereocenters. The monoisotopic (exact) mass is 290 g/mol. The largest absolute Gasteiger partial charge is 0.330 e. The molecule has 0 radical (unpaired) electrons. The Hall–Kier alpha value is -0.0900. The second-order valence-corrected chi connectivity index (χ2v) is 4.81. The van der Waals surface area contributed by atoms with E-state index in [4.69, 9.17) is 17.3 Å². The Morgan fingerprint density at radius 1 is 1.53 bits per heavy atom. The topological polar surface area (TPSA) is 38.0 Å². The predicted molar refractivity (Wildman–Crippen MR) is 69.2 cm³/mol. The van der Waals surface area contributed by atoms with E-state index in [9.17, 15) is 0 Å². The maximum absolute atomic E-state index is 6.14. The van der Waals surface area contributed by atoms with Crippen LogP contribution in [0.1, 0.15) is 24.9 Å². The Balaban J connectivity index is 2.61. The number of hydrogen-bond donors (Lipinski definition) is 2. The Labute approximate surface area is 104 Å². The van der Waals surface area contributed by atoms with Crippen LogP contribution in [0.3, 0.4) is 0 Å². The first-order valence-electron chi connectivity index (χ1n) is 5.03. The fourth-order valence-corrected chi connectivity index (χ4v) is 2.22. The minimum atomic E-state index is 0.261. The van der Waals surface area contributed by atoms with Gasteiger partial charge in [0.05, 0.1) is 0 Å². The molecule has 0 aliphatic carbocycles. The second kappa shape index (κ2) is 6.48. The van der Waals surface area contributed by atoms with Crippen molar-refractivity contribution in [3.63, 3.8) is 0 Å². The second-order valence-electron chi connectivity index (χ2n) is 3.48. The average Bonchev–Trinajstić information content (AvgIpc) is 2.17. The molecule has 84 valence electrons. The van der Waals surface area contributed by atoms with Gasteiger partial charge in [-0.15, -0.1) is 0 Å². The summed E-state index contributed by atoms with van der Waals surface area (Å²) in [5.41, 5.74) is 6.55. The summed E-state index contributed by atoms with van der Waals surface area (Å²) in [5.74, 6) is 0. The van der Waals surface area contributed by atoms with E-state index in [0.29, 0.717) is 6.54 Å². The molecule has 1 aromatic rings. The molecule has 4 heteroatoms. The number of hydrogen-bond acceptors (Lipinski definition) is 2. The highest BCUT2D eigenvalue weighted by Gasteiger charge is 2.08. The van der Waals surface area contributed by atoms with Crippen molar-refractivity contribution < 1.29 is 0 Å². The summed E-state index contributed by atoms with van der Waals surface area (Å²) in [6, 6.07) is 6.21. The van der Waals surface area contributed by atoms with Crippen molar-refractivity contribution in [3.05, 3.63) is 33.3 Å². The van der Waals surface area contributed by atoms with Gasteiger partial charge < -0.3 is 11.1 Å². The first kappa shape index (κ1) is 13.0. The van der Waals surface area contributed by atoms with Crippen molar-refractivity contribution >= 4 is 27.5 Å². The van der Waals surface area contributed by atoms with Crippen LogP contribution in [0.4, 0.5) is 0 Å². The van der Waals surface area contributed by atoms with E-state index in [1.165, 1.54) is 0 Å². The Morgan fingerprint density at radius 3 is 2.87 bits per heavy atom. The summed E-state index contributed by atoms with van der Waals surface area (Å²) in [6.45, 7) is 3.74. The van der Waals surface area contributed by atoms with Crippen LogP contribution in [-0.2, 0) is 0 Å². The number of rotatable bonds is 5. The summed E-state index contributed by atoms with van der Waals surface area (Å²) in [7, 11) is 0. The van der Waals surface area contributed by atoms with Gasteiger partial charge in [-0.3, -0.25) is 0 Å². The van der Waals surface area contributed by atoms with Crippen LogP contribution < -0.4 is 11.1 Å². The van der Waals surface area contributed by atoms with Crippen LogP contribution in [0.2, 0.25) is 5.02 Å². The molecule has 0 amide bonds. The third-order valence-electron chi connectivity index (χ3n) is 2.26. The fraction of sp³-hybridized carbons (Fsp3) is 0.455. The molecule has 0 fully saturated rings. The lowest BCUT2D eigenvalue weighted by Gasteiger charge is -2.15. The van der Waals surface area contributed by atoms with E-state index in [0.717, 1.165) is 28.0 Å². The first-order chi connectivity index (χ1) is 7.15. The molecule has 0 bridgehead atoms. The Kier molecular flexibility index (Phi) is 5.61. The number of nitrogens with one attached hydrogen (secondary N) is 1. The maximum atomic E-state index is 6.14. The van der Waals surface area contributed by atoms with E-state index in [1.54, 1.807) is 0 Å². The standard InChI is InChI=1S/C11H16BrClN2/c1-8(15-6-2-5-14)10-4-3-9(12)7-11(10)13/h3-4,7-8,15H,2,5-6,14H2,1H3. The SMILES string of the molecule is CC(NCCCN)c1ccc(Br)cc1Cl. The van der Waals surface area contributed by atoms with Gasteiger partial charge in [-0.25, -0.2) is 0 Å². The molecule has 0 spiro atoms. The van der Waals surface area contributed by atoms with E-state index >= 15 is 0 Å². The molecule has 3 N–H and O–H groups in total. The van der Waals surface area contributed by atoms with Crippen LogP contribution in [0.25, 0.3) is 0 Å². The lowest BCUT2D eigenvalue weighted by molar-refractivity contribution is 0.562. The van der Waals surface area contributed by atoms with E-state index in [-0.39, 0.29) is 6.04 Å². The van der Waals surface area contributed by atoms with E-state index < -0.39 is 0 Å². The van der Waals surface area contributed by atoms with Gasteiger partial charge in [0.15, 0.2) is 0 Å². The molecule has 2 nitrogen and oxygen atoms in total. The van der Waals surface area contributed by atoms with Crippen LogP contribution in [0.15, 0.2) is 22.7 Å². The summed E-state index contributed by atoms with van der Waals surface area (Å²) < 4.78 is 1.01. The molecule has 0 aromatic heterocycles. The molecule has 1 unspecified atom stereocenters. The van der Waals surface area contributed by atoms with Gasteiger partial charge in [-0.05, 0) is 44.1 Å². The quantitative estimate of drug-likeness (QED) is 0.818. The Morgan fingerprint density at radius 2 is 2.27 bits per heavy atom. The summed E-state index contributed by atoms with van der Waals surface area (Å²) >= 11 is 9.53. The lowest BCUT2D eigenvalue weighted by atomic mass is 10.1. The van der Waals surface area contributed by atoms with Gasteiger partial charge in [-0.1, -0.05) is 33.6 Å². The molecule has 15 heavy (non-hydrogen) atoms. The number of nitrogens with two attached hydrogens (primary N) is 1. The normalized spacial score (nSPS) is 12.8. The molecule has 1 rings (SSSR count). The molecule has 0 saturated heterocycles. The summed E-state index contributed by atoms with van der Waals surface area (Å²) in [4.78, 5) is 0. The third kappa shape index (κ3) is 4.11. The van der Waals surface area contributed by atoms with Crippen LogP contribution in [0, 0.1) is 0 Å². The highest BCUT2D eigenvalue weighted by Crippen LogP contribution is 2.26. The van der Waals surface area contributed by atoms with Gasteiger partial charge in [0.1, 0.15) is 0 Å². The molecule has 0 heterocycles. The Bertz CT molecular complexity index is 317. The average molecular weight is 292 g/mol. The fourth-order valence-electron chi connectivity index (χ4n) is 1.38. The maximum Gasteiger partial charge on any atom is 0.0464 e. The van der Waals surface area contributed by atoms with Gasteiger partial charge in [-0.2, -0.15) is 0 Å². The summed E-state index contributed by atoms with van der Waals surface area (Å²) in [5, 5.41) is 4.17. The van der Waals surface area contributed by atoms with Crippen molar-refractivity contribution in [1.82, 2.24) is 5.32 Å². The van der Waals surface area contributed by atoms with Crippen molar-refractivity contribution in [2.75, 3.05) is 13.1 Å². The molecule has 0 saturated carbocycles. The summed E-state index contributed by atoms with van der Waals surface area (Å²) in [6.07, 6.45) is 0.985. The van der Waals surface area contributed by atoms with Gasteiger partial charge in [0.25, 0.3) is 0 Å². The molecule has 0 aliphatic rings. The van der Waals surface area contributed by atoms with Crippen molar-refractivity contribution in [2.45, 2.75) is 19.4 Å². The van der Waals surface area contributed by atoms with Crippen molar-refractivity contribution in [3.8, 4) is 0 Å². The van der Waals surface area contributed by atoms with Gasteiger partial charge in [0, 0.05) is 15.5 Å². The minimum absolute atomic E-state index is 0.261. The number of halogens is 2. The molecule has 0 aliphatic heterocycles. The molecule has 1 aromatic carbocycles.